The highest BCUT2D eigenvalue weighted by atomic mass is 32.2. The predicted octanol–water partition coefficient (Wildman–Crippen LogP) is 0.644. The van der Waals surface area contributed by atoms with Crippen LogP contribution in [0.15, 0.2) is 21.7 Å². The minimum atomic E-state index is -3.62. The molecule has 1 aromatic heterocycles. The number of thiophene rings is 1. The van der Waals surface area contributed by atoms with Crippen LogP contribution in [0, 0.1) is 17.2 Å². The number of carbonyl (C=O) groups excluding carboxylic acids is 1. The molecule has 6 nitrogen and oxygen atoms in total. The van der Waals surface area contributed by atoms with Gasteiger partial charge in [0.2, 0.25) is 5.91 Å². The first kappa shape index (κ1) is 15.6. The third-order valence-electron chi connectivity index (χ3n) is 2.37. The Morgan fingerprint density at radius 1 is 1.63 bits per heavy atom. The van der Waals surface area contributed by atoms with Gasteiger partial charge in [-0.15, -0.1) is 11.3 Å². The van der Waals surface area contributed by atoms with Crippen LogP contribution in [0.5, 0.6) is 0 Å². The third kappa shape index (κ3) is 4.63. The summed E-state index contributed by atoms with van der Waals surface area (Å²) in [4.78, 5) is 13.0. The van der Waals surface area contributed by atoms with E-state index in [0.717, 1.165) is 11.3 Å². The fourth-order valence-corrected chi connectivity index (χ4v) is 3.34. The maximum Gasteiger partial charge on any atom is 0.250 e. The lowest BCUT2D eigenvalue weighted by atomic mass is 10.2. The molecule has 0 aliphatic heterocycles. The first-order valence-corrected chi connectivity index (χ1v) is 7.90. The van der Waals surface area contributed by atoms with Gasteiger partial charge in [0.25, 0.3) is 10.0 Å². The van der Waals surface area contributed by atoms with Gasteiger partial charge in [-0.25, -0.2) is 13.1 Å². The molecule has 0 saturated heterocycles. The molecule has 0 aliphatic carbocycles. The van der Waals surface area contributed by atoms with E-state index in [-0.39, 0.29) is 29.1 Å². The first-order valence-electron chi connectivity index (χ1n) is 5.53. The molecule has 0 radical (unpaired) electrons. The molecule has 0 saturated carbocycles. The Balaban J connectivity index is 2.53. The molecule has 1 atom stereocenters. The van der Waals surface area contributed by atoms with Gasteiger partial charge < -0.3 is 4.90 Å². The van der Waals surface area contributed by atoms with Crippen molar-refractivity contribution in [3.05, 3.63) is 17.5 Å². The summed E-state index contributed by atoms with van der Waals surface area (Å²) in [7, 11) is -2.09. The molecule has 0 spiro atoms. The lowest BCUT2D eigenvalue weighted by molar-refractivity contribution is -0.128. The fourth-order valence-electron chi connectivity index (χ4n) is 1.33. The van der Waals surface area contributed by atoms with Crippen molar-refractivity contribution in [2.45, 2.75) is 11.1 Å². The number of likely N-dealkylation sites (N-methyl/N-ethyl adjacent to an activating group) is 1. The van der Waals surface area contributed by atoms with E-state index in [4.69, 9.17) is 5.26 Å². The average molecular weight is 301 g/mol. The molecular weight excluding hydrogens is 286 g/mol. The summed E-state index contributed by atoms with van der Waals surface area (Å²) in [5.41, 5.74) is 0. The SMILES string of the molecule is C[C@H](C#N)CN(C)C(=O)CNS(=O)(=O)c1cccs1. The Labute approximate surface area is 116 Å². The zero-order chi connectivity index (χ0) is 14.5. The summed E-state index contributed by atoms with van der Waals surface area (Å²) < 4.78 is 26.0. The van der Waals surface area contributed by atoms with Gasteiger partial charge in [0.15, 0.2) is 0 Å². The molecule has 0 aliphatic rings. The lowest BCUT2D eigenvalue weighted by Crippen LogP contribution is -2.39. The van der Waals surface area contributed by atoms with Crippen LogP contribution in [0.1, 0.15) is 6.92 Å². The number of amides is 1. The monoisotopic (exact) mass is 301 g/mol. The van der Waals surface area contributed by atoms with Crippen LogP contribution in [-0.4, -0.2) is 39.4 Å². The molecule has 19 heavy (non-hydrogen) atoms. The molecule has 0 unspecified atom stereocenters. The van der Waals surface area contributed by atoms with Crippen LogP contribution >= 0.6 is 11.3 Å². The third-order valence-corrected chi connectivity index (χ3v) is 5.17. The van der Waals surface area contributed by atoms with Crippen LogP contribution in [0.25, 0.3) is 0 Å². The minimum absolute atomic E-state index is 0.174. The summed E-state index contributed by atoms with van der Waals surface area (Å²) in [5, 5.41) is 10.3. The number of carbonyl (C=O) groups is 1. The highest BCUT2D eigenvalue weighted by molar-refractivity contribution is 7.91. The fraction of sp³-hybridized carbons (Fsp3) is 0.455. The quantitative estimate of drug-likeness (QED) is 0.835. The van der Waals surface area contributed by atoms with E-state index in [9.17, 15) is 13.2 Å². The summed E-state index contributed by atoms with van der Waals surface area (Å²) in [6.07, 6.45) is 0. The Bertz CT molecular complexity index is 561. The average Bonchev–Trinajstić information content (AvgIpc) is 2.90. The van der Waals surface area contributed by atoms with Gasteiger partial charge in [-0.05, 0) is 18.4 Å². The normalized spacial score (nSPS) is 12.7. The minimum Gasteiger partial charge on any atom is -0.343 e. The number of hydrogen-bond acceptors (Lipinski definition) is 5. The number of rotatable bonds is 6. The van der Waals surface area contributed by atoms with Gasteiger partial charge in [-0.2, -0.15) is 5.26 Å². The molecular formula is C11H15N3O3S2. The number of nitriles is 1. The standard InChI is InChI=1S/C11H15N3O3S2/c1-9(6-12)8-14(2)10(15)7-13-19(16,17)11-4-3-5-18-11/h3-5,9,13H,7-8H2,1-2H3/t9-/m1/s1. The summed E-state index contributed by atoms with van der Waals surface area (Å²) >= 11 is 1.09. The van der Waals surface area contributed by atoms with E-state index in [0.29, 0.717) is 0 Å². The Morgan fingerprint density at radius 3 is 2.84 bits per heavy atom. The second-order valence-corrected chi connectivity index (χ2v) is 7.00. The van der Waals surface area contributed by atoms with E-state index in [1.165, 1.54) is 18.0 Å². The number of nitrogens with one attached hydrogen (secondary N) is 1. The molecule has 104 valence electrons. The van der Waals surface area contributed by atoms with E-state index < -0.39 is 10.0 Å². The first-order chi connectivity index (χ1) is 8.86. The highest BCUT2D eigenvalue weighted by Crippen LogP contribution is 2.14. The zero-order valence-corrected chi connectivity index (χ0v) is 12.3. The molecule has 0 fully saturated rings. The van der Waals surface area contributed by atoms with E-state index in [2.05, 4.69) is 4.72 Å². The maximum absolute atomic E-state index is 11.8. The Morgan fingerprint density at radius 2 is 2.32 bits per heavy atom. The van der Waals surface area contributed by atoms with Crippen molar-refractivity contribution < 1.29 is 13.2 Å². The zero-order valence-electron chi connectivity index (χ0n) is 10.7. The van der Waals surface area contributed by atoms with Gasteiger partial charge in [-0.3, -0.25) is 4.79 Å². The Hall–Kier alpha value is -1.43. The van der Waals surface area contributed by atoms with Crippen molar-refractivity contribution in [3.8, 4) is 6.07 Å². The second kappa shape index (κ2) is 6.65. The van der Waals surface area contributed by atoms with Gasteiger partial charge in [-0.1, -0.05) is 6.07 Å². The van der Waals surface area contributed by atoms with Gasteiger partial charge in [0.05, 0.1) is 18.5 Å². The number of sulfonamides is 1. The van der Waals surface area contributed by atoms with E-state index in [1.807, 2.05) is 6.07 Å². The van der Waals surface area contributed by atoms with Crippen LogP contribution in [0.3, 0.4) is 0 Å². The number of hydrogen-bond donors (Lipinski definition) is 1. The molecule has 0 bridgehead atoms. The van der Waals surface area contributed by atoms with E-state index in [1.54, 1.807) is 18.4 Å². The molecule has 1 heterocycles. The van der Waals surface area contributed by atoms with Gasteiger partial charge >= 0.3 is 0 Å². The van der Waals surface area contributed by atoms with Crippen molar-refractivity contribution >= 4 is 27.3 Å². The topological polar surface area (TPSA) is 90.3 Å². The molecule has 8 heteroatoms. The van der Waals surface area contributed by atoms with Crippen molar-refractivity contribution in [2.24, 2.45) is 5.92 Å². The van der Waals surface area contributed by atoms with Crippen molar-refractivity contribution in [2.75, 3.05) is 20.1 Å². The molecule has 0 aromatic carbocycles. The highest BCUT2D eigenvalue weighted by Gasteiger charge is 2.18. The van der Waals surface area contributed by atoms with Crippen molar-refractivity contribution in [3.63, 3.8) is 0 Å². The summed E-state index contributed by atoms with van der Waals surface area (Å²) in [6, 6.07) is 5.11. The van der Waals surface area contributed by atoms with Crippen LogP contribution < -0.4 is 4.72 Å². The van der Waals surface area contributed by atoms with Gasteiger partial charge in [0.1, 0.15) is 4.21 Å². The molecule has 1 amide bonds. The Kier molecular flexibility index (Phi) is 5.47. The molecule has 1 aromatic rings. The number of nitrogens with zero attached hydrogens (tertiary/aromatic N) is 2. The lowest BCUT2D eigenvalue weighted by Gasteiger charge is -2.18. The van der Waals surface area contributed by atoms with E-state index >= 15 is 0 Å². The predicted molar refractivity (Wildman–Crippen MR) is 71.9 cm³/mol. The summed E-state index contributed by atoms with van der Waals surface area (Å²) in [6.45, 7) is 1.66. The smallest absolute Gasteiger partial charge is 0.250 e. The van der Waals surface area contributed by atoms with Gasteiger partial charge in [0, 0.05) is 13.6 Å². The van der Waals surface area contributed by atoms with Crippen molar-refractivity contribution in [1.82, 2.24) is 9.62 Å². The largest absolute Gasteiger partial charge is 0.343 e. The molecule has 1 N–H and O–H groups in total. The summed E-state index contributed by atoms with van der Waals surface area (Å²) in [5.74, 6) is -0.662. The second-order valence-electron chi connectivity index (χ2n) is 4.06. The molecule has 1 rings (SSSR count). The van der Waals surface area contributed by atoms with Crippen LogP contribution in [0.2, 0.25) is 0 Å². The maximum atomic E-state index is 11.8. The van der Waals surface area contributed by atoms with Crippen LogP contribution in [-0.2, 0) is 14.8 Å². The van der Waals surface area contributed by atoms with Crippen molar-refractivity contribution in [1.29, 1.82) is 5.26 Å². The van der Waals surface area contributed by atoms with Crippen LogP contribution in [0.4, 0.5) is 0 Å².